The third-order valence-corrected chi connectivity index (χ3v) is 14.8. The minimum absolute atomic E-state index is 0.0114. The van der Waals surface area contributed by atoms with Gasteiger partial charge in [-0.05, 0) is 108 Å². The second-order valence-electron chi connectivity index (χ2n) is 20.5. The summed E-state index contributed by atoms with van der Waals surface area (Å²) in [6.45, 7) is 7.67. The Morgan fingerprint density at radius 3 is 2.42 bits per heavy atom. The number of carbonyl (C=O) groups is 5. The summed E-state index contributed by atoms with van der Waals surface area (Å²) in [7, 11) is 0.332. The molecular weight excluding hydrogens is 1030 g/mol. The highest BCUT2D eigenvalue weighted by atomic mass is 32.2. The van der Waals surface area contributed by atoms with Gasteiger partial charge in [0.2, 0.25) is 38.6 Å². The van der Waals surface area contributed by atoms with Crippen molar-refractivity contribution in [3.8, 4) is 22.6 Å². The number of cyclic esters (lactones) is 1. The van der Waals surface area contributed by atoms with Gasteiger partial charge in [-0.3, -0.25) is 28.7 Å². The molecule has 2 aliphatic heterocycles. The molecule has 2 aliphatic rings. The van der Waals surface area contributed by atoms with E-state index in [-0.39, 0.29) is 67.4 Å². The van der Waals surface area contributed by atoms with Crippen LogP contribution in [0.5, 0.6) is 0 Å². The molecule has 5 aromatic rings. The van der Waals surface area contributed by atoms with E-state index in [0.717, 1.165) is 30.3 Å². The van der Waals surface area contributed by atoms with Gasteiger partial charge in [0.15, 0.2) is 5.60 Å². The Labute approximate surface area is 451 Å². The maximum absolute atomic E-state index is 15.0. The zero-order valence-electron chi connectivity index (χ0n) is 45.1. The molecule has 0 aliphatic carbocycles. The summed E-state index contributed by atoms with van der Waals surface area (Å²) < 4.78 is 52.5. The first kappa shape index (κ1) is 58.6. The third kappa shape index (κ3) is 14.0. The second kappa shape index (κ2) is 25.6. The number of nitrogens with one attached hydrogen (secondary N) is 4. The number of hydrogen-bond acceptors (Lipinski definition) is 17. The van der Waals surface area contributed by atoms with E-state index in [9.17, 15) is 46.7 Å². The van der Waals surface area contributed by atoms with Gasteiger partial charge in [0.05, 0.1) is 41.8 Å². The molecule has 2 unspecified atom stereocenters. The topological polar surface area (TPSA) is 301 Å². The Hall–Kier alpha value is -7.09. The molecule has 0 radical (unpaired) electrons. The number of aromatic nitrogens is 7. The molecule has 4 aromatic heterocycles. The summed E-state index contributed by atoms with van der Waals surface area (Å²) in [5, 5.41) is 30.9. The largest absolute Gasteiger partial charge is 0.458 e. The van der Waals surface area contributed by atoms with Crippen LogP contribution >= 0.6 is 0 Å². The van der Waals surface area contributed by atoms with Crippen LogP contribution in [0.1, 0.15) is 106 Å². The molecule has 5 N–H and O–H groups in total. The fourth-order valence-corrected chi connectivity index (χ4v) is 9.98. The van der Waals surface area contributed by atoms with E-state index in [1.807, 2.05) is 19.0 Å². The normalized spacial score (nSPS) is 15.6. The van der Waals surface area contributed by atoms with Gasteiger partial charge in [0.1, 0.15) is 36.9 Å². The van der Waals surface area contributed by atoms with Crippen LogP contribution in [-0.4, -0.2) is 141 Å². The number of carbonyl (C=O) groups excluding carboxylic acids is 5. The van der Waals surface area contributed by atoms with E-state index in [0.29, 0.717) is 90.6 Å². The van der Waals surface area contributed by atoms with Crippen LogP contribution in [0.4, 0.5) is 4.39 Å². The Kier molecular flexibility index (Phi) is 19.2. The first-order valence-electron chi connectivity index (χ1n) is 26.2. The van der Waals surface area contributed by atoms with E-state index in [1.165, 1.54) is 23.0 Å². The van der Waals surface area contributed by atoms with Crippen LogP contribution in [-0.2, 0) is 75.0 Å². The van der Waals surface area contributed by atoms with Crippen molar-refractivity contribution < 1.29 is 51.4 Å². The molecule has 23 nitrogen and oxygen atoms in total. The minimum atomic E-state index is -3.54. The Bertz CT molecular complexity index is 3220. The summed E-state index contributed by atoms with van der Waals surface area (Å²) in [6, 6.07) is 2.77. The predicted molar refractivity (Wildman–Crippen MR) is 283 cm³/mol. The third-order valence-electron chi connectivity index (χ3n) is 13.9. The monoisotopic (exact) mass is 1100 g/mol. The first-order valence-corrected chi connectivity index (χ1v) is 28.1. The Morgan fingerprint density at radius 1 is 0.962 bits per heavy atom. The van der Waals surface area contributed by atoms with Crippen LogP contribution in [0.25, 0.3) is 33.5 Å². The van der Waals surface area contributed by atoms with Crippen LogP contribution < -0.4 is 26.8 Å². The van der Waals surface area contributed by atoms with E-state index >= 15 is 0 Å². The summed E-state index contributed by atoms with van der Waals surface area (Å²) in [6.07, 6.45) is 10.0. The smallest absolute Gasteiger partial charge is 0.343 e. The Morgan fingerprint density at radius 2 is 1.72 bits per heavy atom. The van der Waals surface area contributed by atoms with Crippen molar-refractivity contribution in [3.63, 3.8) is 0 Å². The molecule has 0 bridgehead atoms. The van der Waals surface area contributed by atoms with Crippen LogP contribution in [0.2, 0.25) is 0 Å². The first-order chi connectivity index (χ1) is 37.1. The number of hydrogen-bond donors (Lipinski definition) is 5. The number of esters is 1. The van der Waals surface area contributed by atoms with Crippen molar-refractivity contribution in [2.24, 2.45) is 5.92 Å². The molecule has 0 saturated carbocycles. The number of fused-ring (bicyclic) bond motifs is 5. The van der Waals surface area contributed by atoms with Crippen molar-refractivity contribution in [1.29, 1.82) is 0 Å². The number of pyridine rings is 2. The molecule has 1 aromatic carbocycles. The van der Waals surface area contributed by atoms with Gasteiger partial charge in [-0.2, -0.15) is 0 Å². The number of amides is 4. The molecule has 0 spiro atoms. The lowest BCUT2D eigenvalue weighted by Crippen LogP contribution is -2.56. The zero-order chi connectivity index (χ0) is 56.5. The molecule has 0 fully saturated rings. The number of rotatable bonds is 27. The molecule has 3 atom stereocenters. The fourth-order valence-electron chi connectivity index (χ4n) is 9.49. The lowest BCUT2D eigenvalue weighted by molar-refractivity contribution is -0.172. The number of benzene rings is 1. The number of unbranched alkanes of at least 4 members (excludes halogenated alkanes) is 3. The second-order valence-corrected chi connectivity index (χ2v) is 22.4. The van der Waals surface area contributed by atoms with Crippen LogP contribution in [0.15, 0.2) is 46.7 Å². The average molecular weight is 1100 g/mol. The number of ether oxygens (including phenoxy) is 2. The van der Waals surface area contributed by atoms with Crippen molar-refractivity contribution in [3.05, 3.63) is 80.8 Å². The van der Waals surface area contributed by atoms with Crippen LogP contribution in [0.3, 0.4) is 0 Å². The molecular formula is C53H69FN12O11S. The standard InChI is InChI=1S/C53H69FN12O11S/c1-8-53(73)38-22-43-47-36(27-66(43)50(71)37(38)29-77-51(53)72)34(35-21-32(4)39(54)23-41(35)59-47)15-14-20-76-30-58-45(68)26-55-48(69)40(16-11-13-18-64(5)6)60-49(70)46(31(2)3)61-44(67)17-10-9-12-19-65-28-42(62-63-65)33-24-56-52(57-25-33)78(7,74)75/h21-25,28,31,40,46,73H,8-20,26-27,29-30H2,1-7H3,(H,55,69)(H,58,68)(H,60,70)(H,61,67)/t40?,46?,53-/m0/s1. The summed E-state index contributed by atoms with van der Waals surface area (Å²) in [5.41, 5.74) is 2.18. The number of aryl methyl sites for hydroxylation is 3. The highest BCUT2D eigenvalue weighted by Crippen LogP contribution is 2.41. The molecule has 420 valence electrons. The zero-order valence-corrected chi connectivity index (χ0v) is 45.9. The van der Waals surface area contributed by atoms with Gasteiger partial charge < -0.3 is 45.3 Å². The van der Waals surface area contributed by atoms with Gasteiger partial charge in [-0.1, -0.05) is 32.4 Å². The Balaban J connectivity index is 0.874. The summed E-state index contributed by atoms with van der Waals surface area (Å²) in [4.78, 5) is 94.5. The highest BCUT2D eigenvalue weighted by Gasteiger charge is 2.45. The predicted octanol–water partition coefficient (Wildman–Crippen LogP) is 2.74. The van der Waals surface area contributed by atoms with Crippen LogP contribution in [0, 0.1) is 18.7 Å². The average Bonchev–Trinajstić information content (AvgIpc) is 4.03. The number of nitrogens with zero attached hydrogens (tertiary/aromatic N) is 8. The molecule has 25 heteroatoms. The lowest BCUT2D eigenvalue weighted by Gasteiger charge is -2.31. The molecule has 78 heavy (non-hydrogen) atoms. The number of halogens is 1. The summed E-state index contributed by atoms with van der Waals surface area (Å²) in [5.74, 6) is -3.52. The molecule has 6 heterocycles. The maximum Gasteiger partial charge on any atom is 0.343 e. The number of aliphatic hydroxyl groups is 1. The van der Waals surface area contributed by atoms with E-state index < -0.39 is 69.1 Å². The van der Waals surface area contributed by atoms with Crippen molar-refractivity contribution in [1.82, 2.24) is 60.7 Å². The highest BCUT2D eigenvalue weighted by molar-refractivity contribution is 7.90. The van der Waals surface area contributed by atoms with Gasteiger partial charge in [-0.25, -0.2) is 32.6 Å². The van der Waals surface area contributed by atoms with Gasteiger partial charge in [0, 0.05) is 66.4 Å². The van der Waals surface area contributed by atoms with E-state index in [1.54, 1.807) is 50.7 Å². The van der Waals surface area contributed by atoms with E-state index in [2.05, 4.69) is 41.5 Å². The SMILES string of the molecule is CC[C@@]1(O)C(=O)OCc2c1cc1n(c2=O)Cc2c-1nc1cc(F)c(C)cc1c2CCCOCNC(=O)CNC(=O)C(CCCCN(C)C)NC(=O)C(NC(=O)CCCCCn1cc(-c2cnc(S(C)(=O)=O)nc2)nn1)C(C)C. The van der Waals surface area contributed by atoms with Crippen molar-refractivity contribution in [2.75, 3.05) is 46.8 Å². The molecule has 0 saturated heterocycles. The molecule has 4 amide bonds. The van der Waals surface area contributed by atoms with E-state index in [4.69, 9.17) is 14.5 Å². The van der Waals surface area contributed by atoms with Crippen molar-refractivity contribution >= 4 is 50.3 Å². The minimum Gasteiger partial charge on any atom is -0.458 e. The lowest BCUT2D eigenvalue weighted by atomic mass is 9.86. The van der Waals surface area contributed by atoms with Crippen molar-refractivity contribution in [2.45, 2.75) is 134 Å². The molecule has 7 rings (SSSR count). The van der Waals surface area contributed by atoms with Gasteiger partial charge in [0.25, 0.3) is 5.56 Å². The number of sulfone groups is 1. The fraction of sp³-hybridized carbons (Fsp3) is 0.528. The van der Waals surface area contributed by atoms with Gasteiger partial charge >= 0.3 is 5.97 Å². The quantitative estimate of drug-likeness (QED) is 0.0214. The summed E-state index contributed by atoms with van der Waals surface area (Å²) >= 11 is 0. The van der Waals surface area contributed by atoms with Gasteiger partial charge in [-0.15, -0.1) is 5.10 Å². The maximum atomic E-state index is 15.0.